The largest absolute Gasteiger partial charge is 0.549 e. The van der Waals surface area contributed by atoms with Crippen LogP contribution in [0.4, 0.5) is 0 Å². The summed E-state index contributed by atoms with van der Waals surface area (Å²) in [7, 11) is 0. The second-order valence-corrected chi connectivity index (χ2v) is 9.37. The van der Waals surface area contributed by atoms with E-state index in [0.717, 1.165) is 66.9 Å². The fourth-order valence-corrected chi connectivity index (χ4v) is 6.20. The van der Waals surface area contributed by atoms with E-state index in [1.807, 2.05) is 0 Å². The van der Waals surface area contributed by atoms with Crippen molar-refractivity contribution in [3.63, 3.8) is 0 Å². The first kappa shape index (κ1) is 17.1. The Bertz CT molecular complexity index is 881. The van der Waals surface area contributed by atoms with Gasteiger partial charge in [-0.25, -0.2) is 4.98 Å². The maximum atomic E-state index is 13.4. The van der Waals surface area contributed by atoms with Gasteiger partial charge in [0.2, 0.25) is 0 Å². The third kappa shape index (κ3) is 3.01. The van der Waals surface area contributed by atoms with Gasteiger partial charge in [0.05, 0.1) is 11.4 Å². The van der Waals surface area contributed by atoms with Gasteiger partial charge in [0.1, 0.15) is 4.83 Å². The van der Waals surface area contributed by atoms with Crippen molar-refractivity contribution in [3.8, 4) is 0 Å². The molecule has 0 N–H and O–H groups in total. The molecule has 25 heavy (non-hydrogen) atoms. The summed E-state index contributed by atoms with van der Waals surface area (Å²) in [6.07, 6.45) is 8.44. The van der Waals surface area contributed by atoms with Gasteiger partial charge in [-0.1, -0.05) is 31.0 Å². The molecule has 5 nitrogen and oxygen atoms in total. The molecule has 0 aromatic carbocycles. The molecule has 2 aromatic rings. The maximum Gasteiger partial charge on any atom is 0.263 e. The van der Waals surface area contributed by atoms with E-state index < -0.39 is 11.2 Å². The van der Waals surface area contributed by atoms with E-state index >= 15 is 0 Å². The molecule has 2 heterocycles. The van der Waals surface area contributed by atoms with Crippen molar-refractivity contribution in [2.45, 2.75) is 74.7 Å². The summed E-state index contributed by atoms with van der Waals surface area (Å²) in [6.45, 7) is 1.59. The fraction of sp³-hybridized carbons (Fsp3) is 0.611. The Balaban J connectivity index is 1.89. The number of fused-ring (bicyclic) bond motifs is 3. The molecule has 1 atom stereocenters. The van der Waals surface area contributed by atoms with Gasteiger partial charge in [-0.3, -0.25) is 9.36 Å². The minimum absolute atomic E-state index is 0.0318. The zero-order valence-corrected chi connectivity index (χ0v) is 15.9. The van der Waals surface area contributed by atoms with Gasteiger partial charge in [0, 0.05) is 16.2 Å². The number of aliphatic carboxylic acids is 1. The molecule has 2 aliphatic carbocycles. The highest BCUT2D eigenvalue weighted by Gasteiger charge is 2.27. The molecule has 4 rings (SSSR count). The van der Waals surface area contributed by atoms with Crippen molar-refractivity contribution in [2.24, 2.45) is 0 Å². The number of carboxylic acids is 1. The van der Waals surface area contributed by atoms with Crippen molar-refractivity contribution in [2.75, 3.05) is 0 Å². The fourth-order valence-electron chi connectivity index (χ4n) is 3.99. The van der Waals surface area contributed by atoms with Gasteiger partial charge in [0.15, 0.2) is 5.16 Å². The van der Waals surface area contributed by atoms with Crippen LogP contribution in [0.25, 0.3) is 10.2 Å². The van der Waals surface area contributed by atoms with E-state index in [9.17, 15) is 14.7 Å². The summed E-state index contributed by atoms with van der Waals surface area (Å²) < 4.78 is 1.80. The van der Waals surface area contributed by atoms with Gasteiger partial charge in [0.25, 0.3) is 5.56 Å². The third-order valence-corrected chi connectivity index (χ3v) is 7.52. The summed E-state index contributed by atoms with van der Waals surface area (Å²) in [5.41, 5.74) is 1.22. The van der Waals surface area contributed by atoms with Crippen molar-refractivity contribution in [3.05, 3.63) is 20.8 Å². The van der Waals surface area contributed by atoms with Crippen LogP contribution < -0.4 is 10.7 Å². The molecule has 0 saturated heterocycles. The molecule has 0 amide bonds. The van der Waals surface area contributed by atoms with Crippen LogP contribution in [-0.4, -0.2) is 20.8 Å². The van der Waals surface area contributed by atoms with Crippen LogP contribution in [0.1, 0.15) is 61.9 Å². The van der Waals surface area contributed by atoms with E-state index in [1.165, 1.54) is 16.9 Å². The number of carboxylic acid groups (broad SMARTS) is 1. The van der Waals surface area contributed by atoms with E-state index in [-0.39, 0.29) is 11.6 Å². The molecule has 0 aliphatic heterocycles. The Morgan fingerprint density at radius 1 is 1.28 bits per heavy atom. The Hall–Kier alpha value is -1.34. The lowest BCUT2D eigenvalue weighted by molar-refractivity contribution is -0.304. The van der Waals surface area contributed by atoms with Crippen molar-refractivity contribution >= 4 is 39.3 Å². The first-order valence-corrected chi connectivity index (χ1v) is 10.7. The molecule has 134 valence electrons. The van der Waals surface area contributed by atoms with E-state index in [1.54, 1.807) is 22.8 Å². The van der Waals surface area contributed by atoms with E-state index in [2.05, 4.69) is 0 Å². The number of carbonyl (C=O) groups is 1. The molecule has 1 fully saturated rings. The molecule has 2 aliphatic rings. The summed E-state index contributed by atoms with van der Waals surface area (Å²) in [5, 5.41) is 11.8. The lowest BCUT2D eigenvalue weighted by atomic mass is 9.95. The molecule has 0 spiro atoms. The summed E-state index contributed by atoms with van der Waals surface area (Å²) >= 11 is 2.74. The number of nitrogens with zero attached hydrogens (tertiary/aromatic N) is 2. The van der Waals surface area contributed by atoms with Crippen LogP contribution in [0.3, 0.4) is 0 Å². The topological polar surface area (TPSA) is 75.0 Å². The first-order valence-electron chi connectivity index (χ1n) is 9.00. The third-order valence-electron chi connectivity index (χ3n) is 5.29. The number of hydrogen-bond donors (Lipinski definition) is 0. The highest BCUT2D eigenvalue weighted by atomic mass is 32.2. The summed E-state index contributed by atoms with van der Waals surface area (Å²) in [5.74, 6) is -1.12. The second-order valence-electron chi connectivity index (χ2n) is 6.98. The van der Waals surface area contributed by atoms with Crippen LogP contribution in [0.2, 0.25) is 0 Å². The van der Waals surface area contributed by atoms with Crippen molar-refractivity contribution in [1.29, 1.82) is 0 Å². The molecule has 0 unspecified atom stereocenters. The van der Waals surface area contributed by atoms with Gasteiger partial charge in [-0.15, -0.1) is 11.3 Å². The number of thioether (sulfide) groups is 1. The molecule has 0 radical (unpaired) electrons. The zero-order chi connectivity index (χ0) is 17.6. The molecule has 2 aromatic heterocycles. The van der Waals surface area contributed by atoms with Crippen LogP contribution in [0.15, 0.2) is 9.95 Å². The SMILES string of the molecule is C[C@H](Sc1nc2sc3c(c2c(=O)n1C1CCCCC1)CCC3)C(=O)[O-]. The molecule has 1 saturated carbocycles. The number of rotatable bonds is 4. The highest BCUT2D eigenvalue weighted by molar-refractivity contribution is 8.00. The average Bonchev–Trinajstić information content (AvgIpc) is 3.16. The highest BCUT2D eigenvalue weighted by Crippen LogP contribution is 2.38. The minimum Gasteiger partial charge on any atom is -0.549 e. The Morgan fingerprint density at radius 3 is 2.76 bits per heavy atom. The van der Waals surface area contributed by atoms with Gasteiger partial charge in [-0.2, -0.15) is 0 Å². The van der Waals surface area contributed by atoms with Gasteiger partial charge in [-0.05, 0) is 44.6 Å². The molecular formula is C18H21N2O3S2-. The lowest BCUT2D eigenvalue weighted by Gasteiger charge is -2.26. The normalized spacial score (nSPS) is 19.2. The predicted molar refractivity (Wildman–Crippen MR) is 98.4 cm³/mol. The monoisotopic (exact) mass is 377 g/mol. The van der Waals surface area contributed by atoms with Gasteiger partial charge >= 0.3 is 0 Å². The number of aryl methyl sites for hydroxylation is 2. The van der Waals surface area contributed by atoms with Crippen LogP contribution in [0, 0.1) is 0 Å². The average molecular weight is 378 g/mol. The molecule has 7 heteroatoms. The number of hydrogen-bond acceptors (Lipinski definition) is 6. The molecular weight excluding hydrogens is 356 g/mol. The van der Waals surface area contributed by atoms with Crippen molar-refractivity contribution in [1.82, 2.24) is 9.55 Å². The quantitative estimate of drug-likeness (QED) is 0.605. The predicted octanol–water partition coefficient (Wildman–Crippen LogP) is 2.68. The van der Waals surface area contributed by atoms with Crippen LogP contribution >= 0.6 is 23.1 Å². The Morgan fingerprint density at radius 2 is 2.04 bits per heavy atom. The summed E-state index contributed by atoms with van der Waals surface area (Å²) in [4.78, 5) is 31.4. The van der Waals surface area contributed by atoms with Crippen LogP contribution in [0.5, 0.6) is 0 Å². The lowest BCUT2D eigenvalue weighted by Crippen LogP contribution is -2.33. The molecule has 0 bridgehead atoms. The number of carbonyl (C=O) groups excluding carboxylic acids is 1. The standard InChI is InChI=1S/C18H22N2O3S2/c1-10(17(22)23)24-18-19-15-14(12-8-5-9-13(12)25-15)16(21)20(18)11-6-3-2-4-7-11/h10-11H,2-9H2,1H3,(H,22,23)/p-1/t10-/m0/s1. The van der Waals surface area contributed by atoms with Gasteiger partial charge < -0.3 is 9.90 Å². The van der Waals surface area contributed by atoms with Crippen molar-refractivity contribution < 1.29 is 9.90 Å². The Labute approximate surface area is 154 Å². The first-order chi connectivity index (χ1) is 12.1. The van der Waals surface area contributed by atoms with Crippen LogP contribution in [-0.2, 0) is 17.6 Å². The number of thiophene rings is 1. The summed E-state index contributed by atoms with van der Waals surface area (Å²) in [6, 6.07) is 0.131. The minimum atomic E-state index is -1.12. The smallest absolute Gasteiger partial charge is 0.263 e. The second kappa shape index (κ2) is 6.76. The zero-order valence-electron chi connectivity index (χ0n) is 14.2. The number of aromatic nitrogens is 2. The maximum absolute atomic E-state index is 13.4. The van der Waals surface area contributed by atoms with E-state index in [4.69, 9.17) is 4.98 Å². The van der Waals surface area contributed by atoms with E-state index in [0.29, 0.717) is 5.16 Å². The Kier molecular flexibility index (Phi) is 4.62.